The Morgan fingerprint density at radius 3 is 1.88 bits per heavy atom. The van der Waals surface area contributed by atoms with Gasteiger partial charge in [-0.2, -0.15) is 0 Å². The van der Waals surface area contributed by atoms with Crippen LogP contribution in [0, 0.1) is 0 Å². The molecule has 6 atom stereocenters. The third-order valence-electron chi connectivity index (χ3n) is 9.47. The lowest BCUT2D eigenvalue weighted by Crippen LogP contribution is -2.58. The van der Waals surface area contributed by atoms with E-state index in [9.17, 15) is 10.6 Å². The second-order valence-electron chi connectivity index (χ2n) is 13.5. The second kappa shape index (κ2) is 25.2. The van der Waals surface area contributed by atoms with Crippen LogP contribution in [0.4, 0.5) is 0 Å². The largest absolute Gasteiger partial charge is 0.394 e. The van der Waals surface area contributed by atoms with Crippen LogP contribution in [0.2, 0.25) is 0 Å². The molecular weight excluding hydrogens is 659 g/mol. The van der Waals surface area contributed by atoms with Gasteiger partial charge in [-0.15, -0.1) is 0 Å². The number of nitrogens with zero attached hydrogens (tertiary/aromatic N) is 3. The molecule has 0 radical (unpaired) electrons. The number of benzene rings is 3. The fourth-order valence-corrected chi connectivity index (χ4v) is 7.71. The van der Waals surface area contributed by atoms with Crippen molar-refractivity contribution in [1.82, 2.24) is 0 Å². The van der Waals surface area contributed by atoms with Gasteiger partial charge in [0.1, 0.15) is 23.7 Å². The minimum atomic E-state index is -0.681. The summed E-state index contributed by atoms with van der Waals surface area (Å²) < 4.78 is 26.0. The molecule has 278 valence electrons. The maximum Gasteiger partial charge on any atom is 0.119 e. The van der Waals surface area contributed by atoms with E-state index in [1.807, 2.05) is 78.9 Å². The van der Waals surface area contributed by atoms with Gasteiger partial charge in [0.15, 0.2) is 0 Å². The van der Waals surface area contributed by atoms with Crippen molar-refractivity contribution in [3.8, 4) is 0 Å². The van der Waals surface area contributed by atoms with E-state index in [-0.39, 0.29) is 12.7 Å². The van der Waals surface area contributed by atoms with Gasteiger partial charge in [-0.05, 0) is 41.6 Å². The number of hydrogen-bond acceptors (Lipinski definition) is 7. The van der Waals surface area contributed by atoms with Crippen LogP contribution in [0.25, 0.3) is 10.4 Å². The molecule has 0 aliphatic carbocycles. The lowest BCUT2D eigenvalue weighted by Gasteiger charge is -2.44. The Labute approximate surface area is 310 Å². The summed E-state index contributed by atoms with van der Waals surface area (Å²) in [5.41, 5.74) is 11.3. The third kappa shape index (κ3) is 15.3. The number of aliphatic hydroxyl groups excluding tert-OH is 1. The van der Waals surface area contributed by atoms with E-state index >= 15 is 0 Å². The molecule has 1 saturated heterocycles. The topological polar surface area (TPSA) is 106 Å². The highest BCUT2D eigenvalue weighted by atomic mass is 32.2. The quantitative estimate of drug-likeness (QED) is 0.0383. The number of azide groups is 1. The second-order valence-corrected chi connectivity index (χ2v) is 14.7. The highest BCUT2D eigenvalue weighted by Crippen LogP contribution is 2.37. The predicted molar refractivity (Wildman–Crippen MR) is 206 cm³/mol. The highest BCUT2D eigenvalue weighted by Gasteiger charge is 2.47. The van der Waals surface area contributed by atoms with E-state index in [0.717, 1.165) is 28.9 Å². The van der Waals surface area contributed by atoms with Gasteiger partial charge in [0, 0.05) is 16.4 Å². The first-order chi connectivity index (χ1) is 25.2. The number of aliphatic hydroxyl groups is 1. The summed E-state index contributed by atoms with van der Waals surface area (Å²) in [6.45, 7) is 3.27. The summed E-state index contributed by atoms with van der Waals surface area (Å²) in [4.78, 5) is 4.19. The van der Waals surface area contributed by atoms with Crippen LogP contribution < -0.4 is 0 Å². The molecule has 1 aliphatic heterocycles. The summed E-state index contributed by atoms with van der Waals surface area (Å²) in [5, 5.41) is 14.7. The van der Waals surface area contributed by atoms with Crippen LogP contribution in [0.15, 0.2) is 101 Å². The minimum absolute atomic E-state index is 0.0216. The van der Waals surface area contributed by atoms with Crippen molar-refractivity contribution in [3.63, 3.8) is 0 Å². The van der Waals surface area contributed by atoms with Gasteiger partial charge in [-0.25, -0.2) is 0 Å². The molecule has 0 bridgehead atoms. The van der Waals surface area contributed by atoms with Gasteiger partial charge in [0.2, 0.25) is 0 Å². The molecule has 0 saturated carbocycles. The molecule has 0 aromatic heterocycles. The molecule has 1 heterocycles. The van der Waals surface area contributed by atoms with E-state index in [0.29, 0.717) is 26.2 Å². The Bertz CT molecular complexity index is 1350. The summed E-state index contributed by atoms with van der Waals surface area (Å²) >= 11 is 1.46. The first kappa shape index (κ1) is 40.9. The highest BCUT2D eigenvalue weighted by molar-refractivity contribution is 7.99. The van der Waals surface area contributed by atoms with E-state index < -0.39 is 29.8 Å². The van der Waals surface area contributed by atoms with E-state index in [2.05, 4.69) is 29.1 Å². The standard InChI is InChI=1S/C42H59N3O5S/c1-2-3-4-5-6-7-8-9-10-11-19-26-36(48-32-34-22-15-12-16-23-34)29-30-47-41-39(44-45-43)42(51-37-27-20-14-21-28-37)50-38(31-46)40(41)49-33-35-24-17-13-18-25-35/h12-18,20-25,27-28,36,38-42,46H,2-11,19,26,29-33H2,1H3/t36-,38-,39-,40-,41-,42+/m1/s1. The Morgan fingerprint density at radius 2 is 1.29 bits per heavy atom. The average Bonchev–Trinajstić information content (AvgIpc) is 3.17. The van der Waals surface area contributed by atoms with E-state index in [1.54, 1.807) is 0 Å². The molecule has 8 nitrogen and oxygen atoms in total. The first-order valence-electron chi connectivity index (χ1n) is 19.2. The molecule has 4 rings (SSSR count). The Morgan fingerprint density at radius 1 is 0.725 bits per heavy atom. The van der Waals surface area contributed by atoms with Crippen LogP contribution >= 0.6 is 11.8 Å². The van der Waals surface area contributed by atoms with Gasteiger partial charge in [0.25, 0.3) is 0 Å². The Hall–Kier alpha value is -2.88. The number of rotatable bonds is 26. The maximum atomic E-state index is 10.5. The molecule has 3 aromatic carbocycles. The van der Waals surface area contributed by atoms with Crippen LogP contribution in [-0.4, -0.2) is 54.2 Å². The van der Waals surface area contributed by atoms with Crippen LogP contribution in [0.1, 0.15) is 102 Å². The molecule has 51 heavy (non-hydrogen) atoms. The third-order valence-corrected chi connectivity index (χ3v) is 10.6. The molecule has 3 aromatic rings. The van der Waals surface area contributed by atoms with Crippen molar-refractivity contribution in [2.75, 3.05) is 13.2 Å². The monoisotopic (exact) mass is 717 g/mol. The summed E-state index contributed by atoms with van der Waals surface area (Å²) in [5.74, 6) is 0. The van der Waals surface area contributed by atoms with Crippen molar-refractivity contribution in [1.29, 1.82) is 0 Å². The molecular formula is C42H59N3O5S. The molecule has 0 spiro atoms. The fourth-order valence-electron chi connectivity index (χ4n) is 6.58. The average molecular weight is 718 g/mol. The van der Waals surface area contributed by atoms with Gasteiger partial charge in [0.05, 0.1) is 32.0 Å². The van der Waals surface area contributed by atoms with Gasteiger partial charge < -0.3 is 24.1 Å². The van der Waals surface area contributed by atoms with Crippen molar-refractivity contribution in [2.45, 2.75) is 144 Å². The van der Waals surface area contributed by atoms with Crippen LogP contribution in [0.5, 0.6) is 0 Å². The van der Waals surface area contributed by atoms with Gasteiger partial charge in [-0.3, -0.25) is 0 Å². The summed E-state index contributed by atoms with van der Waals surface area (Å²) in [6, 6.07) is 29.4. The SMILES string of the molecule is CCCCCCCCCCCCC[C@H](CCO[C@@H]1[C@@H](N=[N+]=[N-])[C@H](Sc2ccccc2)O[C@H](CO)[C@H]1OCc1ccccc1)OCc1ccccc1. The minimum Gasteiger partial charge on any atom is -0.394 e. The zero-order valence-electron chi connectivity index (χ0n) is 30.5. The fraction of sp³-hybridized carbons (Fsp3) is 0.571. The molecule has 0 unspecified atom stereocenters. The Balaban J connectivity index is 1.39. The molecule has 0 amide bonds. The zero-order valence-corrected chi connectivity index (χ0v) is 31.3. The smallest absolute Gasteiger partial charge is 0.119 e. The van der Waals surface area contributed by atoms with Crippen molar-refractivity contribution in [2.24, 2.45) is 5.11 Å². The summed E-state index contributed by atoms with van der Waals surface area (Å²) in [7, 11) is 0. The molecule has 1 aliphatic rings. The van der Waals surface area contributed by atoms with E-state index in [1.165, 1.54) is 76.0 Å². The van der Waals surface area contributed by atoms with E-state index in [4.69, 9.17) is 18.9 Å². The molecule has 9 heteroatoms. The van der Waals surface area contributed by atoms with Gasteiger partial charge >= 0.3 is 0 Å². The van der Waals surface area contributed by atoms with Crippen molar-refractivity contribution < 1.29 is 24.1 Å². The Kier molecular flexibility index (Phi) is 20.2. The summed E-state index contributed by atoms with van der Waals surface area (Å²) in [6.07, 6.45) is 14.1. The predicted octanol–water partition coefficient (Wildman–Crippen LogP) is 10.8. The van der Waals surface area contributed by atoms with Crippen LogP contribution in [-0.2, 0) is 32.2 Å². The number of thioether (sulfide) groups is 1. The molecule has 1 N–H and O–H groups in total. The molecule has 1 fully saturated rings. The number of ether oxygens (including phenoxy) is 4. The van der Waals surface area contributed by atoms with Crippen molar-refractivity contribution in [3.05, 3.63) is 113 Å². The first-order valence-corrected chi connectivity index (χ1v) is 20.0. The number of unbranched alkanes of at least 4 members (excludes halogenated alkanes) is 10. The lowest BCUT2D eigenvalue weighted by atomic mass is 9.97. The maximum absolute atomic E-state index is 10.5. The van der Waals surface area contributed by atoms with Gasteiger partial charge in [-0.1, -0.05) is 173 Å². The zero-order chi connectivity index (χ0) is 35.8. The van der Waals surface area contributed by atoms with Crippen molar-refractivity contribution >= 4 is 11.8 Å². The van der Waals surface area contributed by atoms with Crippen LogP contribution in [0.3, 0.4) is 0 Å². The normalized spacial score (nSPS) is 20.9. The number of hydrogen-bond donors (Lipinski definition) is 1. The lowest BCUT2D eigenvalue weighted by molar-refractivity contribution is -0.205.